The average molecular weight is 428 g/mol. The molecule has 0 bridgehead atoms. The molecule has 0 atom stereocenters. The van der Waals surface area contributed by atoms with E-state index in [1.54, 1.807) is 18.2 Å². The van der Waals surface area contributed by atoms with Crippen LogP contribution in [0.2, 0.25) is 5.02 Å². The number of nitrogens with zero attached hydrogens (tertiary/aromatic N) is 2. The SMILES string of the molecule is CCCCCCc1c(C)nn(C(=O)COc2ccc(Cl)cc2Br)c1C. The molecule has 0 unspecified atom stereocenters. The largest absolute Gasteiger partial charge is 0.482 e. The third-order valence-electron chi connectivity index (χ3n) is 4.20. The van der Waals surface area contributed by atoms with Crippen LogP contribution >= 0.6 is 27.5 Å². The zero-order valence-corrected chi connectivity index (χ0v) is 17.3. The molecule has 2 aromatic rings. The lowest BCUT2D eigenvalue weighted by Gasteiger charge is -2.09. The molecule has 0 aliphatic rings. The van der Waals surface area contributed by atoms with E-state index in [4.69, 9.17) is 16.3 Å². The Labute approximate surface area is 162 Å². The first kappa shape index (κ1) is 20.0. The van der Waals surface area contributed by atoms with Gasteiger partial charge in [0.2, 0.25) is 0 Å². The topological polar surface area (TPSA) is 44.1 Å². The maximum absolute atomic E-state index is 12.5. The second kappa shape index (κ2) is 9.39. The highest BCUT2D eigenvalue weighted by molar-refractivity contribution is 9.10. The first-order valence-electron chi connectivity index (χ1n) is 8.60. The Bertz CT molecular complexity index is 743. The number of hydrogen-bond acceptors (Lipinski definition) is 3. The van der Waals surface area contributed by atoms with Gasteiger partial charge in [-0.3, -0.25) is 4.79 Å². The molecular formula is C19H24BrClN2O2. The van der Waals surface area contributed by atoms with E-state index in [-0.39, 0.29) is 12.5 Å². The van der Waals surface area contributed by atoms with Crippen molar-refractivity contribution in [1.82, 2.24) is 9.78 Å². The first-order valence-corrected chi connectivity index (χ1v) is 9.77. The van der Waals surface area contributed by atoms with E-state index in [1.165, 1.54) is 29.5 Å². The van der Waals surface area contributed by atoms with Gasteiger partial charge in [0.1, 0.15) is 5.75 Å². The Balaban J connectivity index is 2.01. The van der Waals surface area contributed by atoms with Gasteiger partial charge in [-0.15, -0.1) is 0 Å². The highest BCUT2D eigenvalue weighted by atomic mass is 79.9. The van der Waals surface area contributed by atoms with Gasteiger partial charge >= 0.3 is 0 Å². The minimum atomic E-state index is -0.178. The summed E-state index contributed by atoms with van der Waals surface area (Å²) < 4.78 is 7.80. The summed E-state index contributed by atoms with van der Waals surface area (Å²) in [6.45, 7) is 6.04. The molecule has 1 aromatic carbocycles. The third kappa shape index (κ3) is 5.32. The molecule has 0 N–H and O–H groups in total. The Morgan fingerprint density at radius 2 is 2.04 bits per heavy atom. The van der Waals surface area contributed by atoms with Crippen LogP contribution in [0.4, 0.5) is 0 Å². The maximum Gasteiger partial charge on any atom is 0.284 e. The Morgan fingerprint density at radius 3 is 2.72 bits per heavy atom. The summed E-state index contributed by atoms with van der Waals surface area (Å²) in [4.78, 5) is 12.5. The highest BCUT2D eigenvalue weighted by Crippen LogP contribution is 2.28. The molecule has 0 aliphatic carbocycles. The summed E-state index contributed by atoms with van der Waals surface area (Å²) in [6, 6.07) is 5.20. The van der Waals surface area contributed by atoms with Crippen molar-refractivity contribution in [2.24, 2.45) is 0 Å². The molecule has 4 nitrogen and oxygen atoms in total. The summed E-state index contributed by atoms with van der Waals surface area (Å²) in [5, 5.41) is 5.02. The predicted octanol–water partition coefficient (Wildman–Crippen LogP) is 5.76. The fourth-order valence-corrected chi connectivity index (χ4v) is 3.60. The minimum absolute atomic E-state index is 0.0720. The van der Waals surface area contributed by atoms with Crippen molar-refractivity contribution in [2.75, 3.05) is 6.61 Å². The molecule has 0 saturated carbocycles. The zero-order chi connectivity index (χ0) is 18.4. The summed E-state index contributed by atoms with van der Waals surface area (Å²) >= 11 is 9.29. The molecule has 0 aliphatic heterocycles. The quantitative estimate of drug-likeness (QED) is 0.503. The van der Waals surface area contributed by atoms with Crippen molar-refractivity contribution in [3.63, 3.8) is 0 Å². The number of carbonyl (C=O) groups is 1. The fourth-order valence-electron chi connectivity index (χ4n) is 2.80. The van der Waals surface area contributed by atoms with Gasteiger partial charge in [-0.2, -0.15) is 5.10 Å². The van der Waals surface area contributed by atoms with Crippen LogP contribution in [-0.4, -0.2) is 22.3 Å². The number of aryl methyl sites for hydroxylation is 1. The lowest BCUT2D eigenvalue weighted by Crippen LogP contribution is -2.22. The number of rotatable bonds is 8. The Morgan fingerprint density at radius 1 is 1.28 bits per heavy atom. The summed E-state index contributed by atoms with van der Waals surface area (Å²) in [6.07, 6.45) is 5.77. The predicted molar refractivity (Wildman–Crippen MR) is 105 cm³/mol. The van der Waals surface area contributed by atoms with Crippen molar-refractivity contribution in [3.05, 3.63) is 44.6 Å². The summed E-state index contributed by atoms with van der Waals surface area (Å²) in [7, 11) is 0. The summed E-state index contributed by atoms with van der Waals surface area (Å²) in [5.74, 6) is 0.404. The molecule has 1 heterocycles. The van der Waals surface area contributed by atoms with E-state index in [0.717, 1.165) is 28.7 Å². The minimum Gasteiger partial charge on any atom is -0.482 e. The molecule has 6 heteroatoms. The number of ether oxygens (including phenoxy) is 1. The number of aromatic nitrogens is 2. The zero-order valence-electron chi connectivity index (χ0n) is 14.9. The van der Waals surface area contributed by atoms with Crippen LogP contribution in [-0.2, 0) is 6.42 Å². The second-order valence-electron chi connectivity index (χ2n) is 6.13. The van der Waals surface area contributed by atoms with Crippen LogP contribution in [0.25, 0.3) is 0 Å². The molecular weight excluding hydrogens is 404 g/mol. The van der Waals surface area contributed by atoms with Crippen LogP contribution in [0.15, 0.2) is 22.7 Å². The van der Waals surface area contributed by atoms with Crippen LogP contribution < -0.4 is 4.74 Å². The Kier molecular flexibility index (Phi) is 7.51. The van der Waals surface area contributed by atoms with Gasteiger partial charge < -0.3 is 4.74 Å². The van der Waals surface area contributed by atoms with Gasteiger partial charge in [-0.25, -0.2) is 4.68 Å². The molecule has 0 spiro atoms. The molecule has 0 amide bonds. The van der Waals surface area contributed by atoms with Gasteiger partial charge in [0.15, 0.2) is 6.61 Å². The lowest BCUT2D eigenvalue weighted by atomic mass is 10.0. The third-order valence-corrected chi connectivity index (χ3v) is 5.06. The number of halogens is 2. The first-order chi connectivity index (χ1) is 11.9. The maximum atomic E-state index is 12.5. The number of hydrogen-bond donors (Lipinski definition) is 0. The number of benzene rings is 1. The van der Waals surface area contributed by atoms with E-state index in [0.29, 0.717) is 10.8 Å². The van der Waals surface area contributed by atoms with Gasteiger partial charge in [-0.1, -0.05) is 37.8 Å². The average Bonchev–Trinajstić information content (AvgIpc) is 2.85. The van der Waals surface area contributed by atoms with Crippen molar-refractivity contribution in [2.45, 2.75) is 52.9 Å². The van der Waals surface area contributed by atoms with E-state index < -0.39 is 0 Å². The smallest absolute Gasteiger partial charge is 0.284 e. The number of carbonyl (C=O) groups excluding carboxylic acids is 1. The standard InChI is InChI=1S/C19H24BrClN2O2/c1-4-5-6-7-8-16-13(2)22-23(14(16)3)19(24)12-25-18-10-9-15(21)11-17(18)20/h9-11H,4-8,12H2,1-3H3. The van der Waals surface area contributed by atoms with Crippen molar-refractivity contribution >= 4 is 33.4 Å². The van der Waals surface area contributed by atoms with Crippen molar-refractivity contribution in [1.29, 1.82) is 0 Å². The number of unbranched alkanes of at least 4 members (excludes halogenated alkanes) is 3. The Hall–Kier alpha value is -1.33. The fraction of sp³-hybridized carbons (Fsp3) is 0.474. The van der Waals surface area contributed by atoms with Gasteiger partial charge in [-0.05, 0) is 66.4 Å². The second-order valence-corrected chi connectivity index (χ2v) is 7.42. The monoisotopic (exact) mass is 426 g/mol. The molecule has 0 radical (unpaired) electrons. The molecule has 136 valence electrons. The van der Waals surface area contributed by atoms with Crippen LogP contribution in [0.1, 0.15) is 54.4 Å². The summed E-state index contributed by atoms with van der Waals surface area (Å²) in [5.41, 5.74) is 3.02. The molecule has 1 aromatic heterocycles. The molecule has 25 heavy (non-hydrogen) atoms. The molecule has 0 saturated heterocycles. The van der Waals surface area contributed by atoms with Crippen molar-refractivity contribution in [3.8, 4) is 5.75 Å². The lowest BCUT2D eigenvalue weighted by molar-refractivity contribution is 0.0817. The van der Waals surface area contributed by atoms with E-state index in [9.17, 15) is 4.79 Å². The van der Waals surface area contributed by atoms with E-state index in [1.807, 2.05) is 13.8 Å². The van der Waals surface area contributed by atoms with Gasteiger partial charge in [0.05, 0.1) is 10.2 Å². The van der Waals surface area contributed by atoms with E-state index in [2.05, 4.69) is 28.0 Å². The van der Waals surface area contributed by atoms with Crippen LogP contribution in [0.5, 0.6) is 5.75 Å². The molecule has 2 rings (SSSR count). The van der Waals surface area contributed by atoms with Crippen molar-refractivity contribution < 1.29 is 9.53 Å². The van der Waals surface area contributed by atoms with Gasteiger partial charge in [0, 0.05) is 10.7 Å². The molecule has 0 fully saturated rings. The van der Waals surface area contributed by atoms with E-state index >= 15 is 0 Å². The van der Waals surface area contributed by atoms with Crippen LogP contribution in [0.3, 0.4) is 0 Å². The normalized spacial score (nSPS) is 10.9. The van der Waals surface area contributed by atoms with Gasteiger partial charge in [0.25, 0.3) is 5.91 Å². The van der Waals surface area contributed by atoms with Crippen LogP contribution in [0, 0.1) is 13.8 Å². The highest BCUT2D eigenvalue weighted by Gasteiger charge is 2.17.